The van der Waals surface area contributed by atoms with Crippen LogP contribution in [0, 0.1) is 0 Å². The van der Waals surface area contributed by atoms with Crippen LogP contribution < -0.4 is 11.1 Å². The van der Waals surface area contributed by atoms with Crippen LogP contribution in [0.5, 0.6) is 0 Å². The number of amides is 1. The van der Waals surface area contributed by atoms with Crippen LogP contribution in [0.4, 0.5) is 5.69 Å². The number of benzene rings is 1. The number of rotatable bonds is 4. The number of carbonyl (C=O) groups is 1. The van der Waals surface area contributed by atoms with Crippen molar-refractivity contribution >= 4 is 39.1 Å². The van der Waals surface area contributed by atoms with Crippen LogP contribution in [0.3, 0.4) is 0 Å². The molecule has 0 aromatic heterocycles. The zero-order valence-corrected chi connectivity index (χ0v) is 10.6. The third-order valence-electron chi connectivity index (χ3n) is 2.03. The molecule has 1 aromatic carbocycles. The van der Waals surface area contributed by atoms with Crippen LogP contribution >= 0.6 is 27.5 Å². The minimum atomic E-state index is -0.375. The summed E-state index contributed by atoms with van der Waals surface area (Å²) in [6, 6.07) is 5.03. The molecule has 0 bridgehead atoms. The number of hydrogen-bond donors (Lipinski definition) is 2. The van der Waals surface area contributed by atoms with E-state index in [9.17, 15) is 4.79 Å². The van der Waals surface area contributed by atoms with Crippen LogP contribution in [0.1, 0.15) is 13.3 Å². The van der Waals surface area contributed by atoms with E-state index in [-0.39, 0.29) is 11.9 Å². The lowest BCUT2D eigenvalue weighted by Gasteiger charge is -2.16. The predicted molar refractivity (Wildman–Crippen MR) is 66.0 cm³/mol. The van der Waals surface area contributed by atoms with Gasteiger partial charge in [0.25, 0.3) is 0 Å². The smallest absolute Gasteiger partial charge is 0.239 e. The van der Waals surface area contributed by atoms with Gasteiger partial charge in [-0.1, -0.05) is 24.6 Å². The first-order valence-electron chi connectivity index (χ1n) is 4.56. The molecule has 0 radical (unpaired) electrons. The summed E-state index contributed by atoms with van der Waals surface area (Å²) in [5.41, 5.74) is 6.00. The van der Waals surface area contributed by atoms with Gasteiger partial charge < -0.3 is 11.1 Å². The van der Waals surface area contributed by atoms with Crippen molar-refractivity contribution in [3.8, 4) is 0 Å². The van der Waals surface area contributed by atoms with E-state index < -0.39 is 0 Å². The maximum atomic E-state index is 11.0. The highest BCUT2D eigenvalue weighted by Crippen LogP contribution is 2.30. The fourth-order valence-corrected chi connectivity index (χ4v) is 1.73. The molecule has 0 aliphatic carbocycles. The monoisotopic (exact) mass is 290 g/mol. The second-order valence-corrected chi connectivity index (χ2v) is 4.31. The first kappa shape index (κ1) is 12.3. The quantitative estimate of drug-likeness (QED) is 0.896. The molecule has 0 heterocycles. The standard InChI is InChI=1S/C10H12BrClN2O/c1-2-7(10(13)15)14-8-5-3-4-6(12)9(8)11/h3-5,7,14H,2H2,1H3,(H2,13,15). The van der Waals surface area contributed by atoms with Gasteiger partial charge in [-0.05, 0) is 34.5 Å². The Morgan fingerprint density at radius 2 is 2.33 bits per heavy atom. The Labute approximate surface area is 102 Å². The van der Waals surface area contributed by atoms with E-state index in [0.29, 0.717) is 11.4 Å². The summed E-state index contributed by atoms with van der Waals surface area (Å²) in [5, 5.41) is 3.63. The van der Waals surface area contributed by atoms with Gasteiger partial charge in [0.15, 0.2) is 0 Å². The summed E-state index contributed by atoms with van der Waals surface area (Å²) in [5.74, 6) is -0.371. The van der Waals surface area contributed by atoms with Crippen LogP contribution in [0.15, 0.2) is 22.7 Å². The molecule has 5 heteroatoms. The molecule has 0 aliphatic rings. The number of primary amides is 1. The van der Waals surface area contributed by atoms with Crippen molar-refractivity contribution < 1.29 is 4.79 Å². The van der Waals surface area contributed by atoms with Gasteiger partial charge in [-0.25, -0.2) is 0 Å². The highest BCUT2D eigenvalue weighted by atomic mass is 79.9. The Morgan fingerprint density at radius 1 is 1.67 bits per heavy atom. The van der Waals surface area contributed by atoms with Crippen LogP contribution in [-0.4, -0.2) is 11.9 Å². The maximum Gasteiger partial charge on any atom is 0.239 e. The molecule has 0 saturated heterocycles. The molecular formula is C10H12BrClN2O. The fraction of sp³-hybridized carbons (Fsp3) is 0.300. The van der Waals surface area contributed by atoms with Crippen molar-refractivity contribution in [3.05, 3.63) is 27.7 Å². The number of carbonyl (C=O) groups excluding carboxylic acids is 1. The number of halogens is 2. The Balaban J connectivity index is 2.88. The molecule has 3 nitrogen and oxygen atoms in total. The van der Waals surface area contributed by atoms with Crippen molar-refractivity contribution in [3.63, 3.8) is 0 Å². The lowest BCUT2D eigenvalue weighted by atomic mass is 10.2. The predicted octanol–water partition coefficient (Wildman–Crippen LogP) is 2.78. The molecule has 1 atom stereocenters. The molecule has 15 heavy (non-hydrogen) atoms. The Kier molecular flexibility index (Phi) is 4.42. The van der Waals surface area contributed by atoms with Gasteiger partial charge in [0, 0.05) is 0 Å². The van der Waals surface area contributed by atoms with Crippen molar-refractivity contribution in [2.45, 2.75) is 19.4 Å². The van der Waals surface area contributed by atoms with Gasteiger partial charge in [-0.3, -0.25) is 4.79 Å². The molecule has 0 saturated carbocycles. The van der Waals surface area contributed by atoms with E-state index in [1.54, 1.807) is 6.07 Å². The second kappa shape index (κ2) is 5.37. The largest absolute Gasteiger partial charge is 0.373 e. The van der Waals surface area contributed by atoms with Crippen LogP contribution in [0.2, 0.25) is 5.02 Å². The van der Waals surface area contributed by atoms with Gasteiger partial charge in [0.1, 0.15) is 6.04 Å². The van der Waals surface area contributed by atoms with Crippen LogP contribution in [-0.2, 0) is 4.79 Å². The average Bonchev–Trinajstić information content (AvgIpc) is 2.19. The number of nitrogens with two attached hydrogens (primary N) is 1. The van der Waals surface area contributed by atoms with E-state index in [4.69, 9.17) is 17.3 Å². The van der Waals surface area contributed by atoms with Gasteiger partial charge in [-0.2, -0.15) is 0 Å². The zero-order valence-electron chi connectivity index (χ0n) is 8.26. The van der Waals surface area contributed by atoms with E-state index in [0.717, 1.165) is 10.2 Å². The van der Waals surface area contributed by atoms with Gasteiger partial charge >= 0.3 is 0 Å². The summed E-state index contributed by atoms with van der Waals surface area (Å²) >= 11 is 9.26. The Morgan fingerprint density at radius 3 is 2.87 bits per heavy atom. The summed E-state index contributed by atoms with van der Waals surface area (Å²) in [6.07, 6.45) is 0.633. The summed E-state index contributed by atoms with van der Waals surface area (Å²) < 4.78 is 0.742. The summed E-state index contributed by atoms with van der Waals surface area (Å²) in [4.78, 5) is 11.0. The SMILES string of the molecule is CCC(Nc1cccc(Cl)c1Br)C(N)=O. The average molecular weight is 292 g/mol. The normalized spacial score (nSPS) is 12.2. The van der Waals surface area contributed by atoms with E-state index >= 15 is 0 Å². The van der Waals surface area contributed by atoms with Gasteiger partial charge in [0.2, 0.25) is 5.91 Å². The fourth-order valence-electron chi connectivity index (χ4n) is 1.18. The second-order valence-electron chi connectivity index (χ2n) is 3.11. The minimum Gasteiger partial charge on any atom is -0.373 e. The van der Waals surface area contributed by atoms with E-state index in [2.05, 4.69) is 21.2 Å². The third kappa shape index (κ3) is 3.11. The van der Waals surface area contributed by atoms with E-state index in [1.807, 2.05) is 19.1 Å². The highest BCUT2D eigenvalue weighted by Gasteiger charge is 2.14. The molecule has 1 unspecified atom stereocenters. The van der Waals surface area contributed by atoms with E-state index in [1.165, 1.54) is 0 Å². The summed E-state index contributed by atoms with van der Waals surface area (Å²) in [7, 11) is 0. The molecule has 1 amide bonds. The minimum absolute atomic E-state index is 0.371. The van der Waals surface area contributed by atoms with Crippen LogP contribution in [0.25, 0.3) is 0 Å². The molecule has 1 aromatic rings. The molecule has 0 fully saturated rings. The highest BCUT2D eigenvalue weighted by molar-refractivity contribution is 9.10. The number of anilines is 1. The molecule has 0 aliphatic heterocycles. The lowest BCUT2D eigenvalue weighted by molar-refractivity contribution is -0.118. The molecule has 82 valence electrons. The number of nitrogens with one attached hydrogen (secondary N) is 1. The first-order chi connectivity index (χ1) is 7.06. The number of hydrogen-bond acceptors (Lipinski definition) is 2. The Bertz CT molecular complexity index is 370. The van der Waals surface area contributed by atoms with Crippen molar-refractivity contribution in [2.75, 3.05) is 5.32 Å². The van der Waals surface area contributed by atoms with Gasteiger partial charge in [-0.15, -0.1) is 0 Å². The lowest BCUT2D eigenvalue weighted by Crippen LogP contribution is -2.34. The van der Waals surface area contributed by atoms with Crippen molar-refractivity contribution in [2.24, 2.45) is 5.73 Å². The maximum absolute atomic E-state index is 11.0. The zero-order chi connectivity index (χ0) is 11.4. The molecular weight excluding hydrogens is 279 g/mol. The molecule has 0 spiro atoms. The molecule has 3 N–H and O–H groups in total. The third-order valence-corrected chi connectivity index (χ3v) is 3.43. The van der Waals surface area contributed by atoms with Crippen molar-refractivity contribution in [1.29, 1.82) is 0 Å². The van der Waals surface area contributed by atoms with Crippen molar-refractivity contribution in [1.82, 2.24) is 0 Å². The van der Waals surface area contributed by atoms with Gasteiger partial charge in [0.05, 0.1) is 15.2 Å². The molecule has 1 rings (SSSR count). The first-order valence-corrected chi connectivity index (χ1v) is 5.73. The Hall–Kier alpha value is -0.740. The topological polar surface area (TPSA) is 55.1 Å². The summed E-state index contributed by atoms with van der Waals surface area (Å²) in [6.45, 7) is 1.89.